The summed E-state index contributed by atoms with van der Waals surface area (Å²) in [4.78, 5) is 14.8. The van der Waals surface area contributed by atoms with Gasteiger partial charge in [-0.05, 0) is 36.4 Å². The molecule has 0 saturated carbocycles. The number of aromatic nitrogens is 1. The summed E-state index contributed by atoms with van der Waals surface area (Å²) in [5, 5.41) is 2.77. The number of aromatic amines is 1. The van der Waals surface area contributed by atoms with Crippen LogP contribution in [0.15, 0.2) is 42.6 Å². The molecule has 1 amide bonds. The van der Waals surface area contributed by atoms with E-state index in [0.29, 0.717) is 15.9 Å². The summed E-state index contributed by atoms with van der Waals surface area (Å²) in [6, 6.07) is 10.4. The van der Waals surface area contributed by atoms with Crippen LogP contribution in [-0.2, 0) is 0 Å². The first-order valence-electron chi connectivity index (χ1n) is 5.33. The highest BCUT2D eigenvalue weighted by Gasteiger charge is 2.05. The van der Waals surface area contributed by atoms with E-state index in [1.165, 1.54) is 0 Å². The first kappa shape index (κ1) is 12.3. The van der Waals surface area contributed by atoms with Crippen LogP contribution in [0.3, 0.4) is 0 Å². The average molecular weight is 260 g/mol. The number of hydrogen-bond donors (Lipinski definition) is 2. The number of hydrogen-bond acceptors (Lipinski definition) is 3. The summed E-state index contributed by atoms with van der Waals surface area (Å²) in [7, 11) is 1.58. The van der Waals surface area contributed by atoms with Crippen LogP contribution in [0.25, 0.3) is 0 Å². The topological polar surface area (TPSA) is 54.1 Å². The zero-order valence-corrected chi connectivity index (χ0v) is 10.6. The number of carbonyl (C=O) groups excluding carboxylic acids is 1. The van der Waals surface area contributed by atoms with Gasteiger partial charge in [-0.3, -0.25) is 4.79 Å². The highest BCUT2D eigenvalue weighted by Crippen LogP contribution is 2.13. The van der Waals surface area contributed by atoms with Crippen molar-refractivity contribution >= 4 is 23.8 Å². The van der Waals surface area contributed by atoms with Gasteiger partial charge in [-0.1, -0.05) is 12.2 Å². The van der Waals surface area contributed by atoms with Crippen molar-refractivity contribution in [2.24, 2.45) is 0 Å². The summed E-state index contributed by atoms with van der Waals surface area (Å²) >= 11 is 4.92. The summed E-state index contributed by atoms with van der Waals surface area (Å²) in [6.45, 7) is 0. The lowest BCUT2D eigenvalue weighted by Gasteiger charge is -2.05. The van der Waals surface area contributed by atoms with Gasteiger partial charge in [0, 0.05) is 11.8 Å². The van der Waals surface area contributed by atoms with Crippen molar-refractivity contribution < 1.29 is 9.53 Å². The Morgan fingerprint density at radius 3 is 2.50 bits per heavy atom. The highest BCUT2D eigenvalue weighted by molar-refractivity contribution is 7.71. The van der Waals surface area contributed by atoms with Crippen LogP contribution in [0, 0.1) is 4.64 Å². The van der Waals surface area contributed by atoms with Gasteiger partial charge >= 0.3 is 0 Å². The second kappa shape index (κ2) is 5.46. The fourth-order valence-corrected chi connectivity index (χ4v) is 1.56. The highest BCUT2D eigenvalue weighted by atomic mass is 32.1. The van der Waals surface area contributed by atoms with E-state index >= 15 is 0 Å². The Labute approximate surface area is 110 Å². The zero-order chi connectivity index (χ0) is 13.0. The number of benzene rings is 1. The monoisotopic (exact) mass is 260 g/mol. The van der Waals surface area contributed by atoms with Crippen LogP contribution in [0.2, 0.25) is 0 Å². The minimum absolute atomic E-state index is 0.178. The maximum absolute atomic E-state index is 11.9. The number of carbonyl (C=O) groups is 1. The van der Waals surface area contributed by atoms with E-state index in [1.54, 1.807) is 49.7 Å². The normalized spacial score (nSPS) is 9.83. The van der Waals surface area contributed by atoms with Gasteiger partial charge in [0.15, 0.2) is 0 Å². The van der Waals surface area contributed by atoms with Crippen molar-refractivity contribution in [1.82, 2.24) is 4.98 Å². The van der Waals surface area contributed by atoms with Crippen LogP contribution < -0.4 is 10.1 Å². The number of H-pyrrole nitrogens is 1. The molecular formula is C13H12N2O2S. The third-order valence-electron chi connectivity index (χ3n) is 2.39. The fourth-order valence-electron chi connectivity index (χ4n) is 1.43. The molecule has 0 aliphatic rings. The predicted molar refractivity (Wildman–Crippen MR) is 72.6 cm³/mol. The van der Waals surface area contributed by atoms with E-state index in [2.05, 4.69) is 10.3 Å². The van der Waals surface area contributed by atoms with Crippen LogP contribution in [0.4, 0.5) is 5.69 Å². The molecule has 0 fully saturated rings. The van der Waals surface area contributed by atoms with Gasteiger partial charge in [0.05, 0.1) is 12.8 Å². The van der Waals surface area contributed by atoms with E-state index in [9.17, 15) is 4.79 Å². The molecule has 1 aromatic heterocycles. The molecule has 0 radical (unpaired) electrons. The van der Waals surface area contributed by atoms with Crippen LogP contribution in [-0.4, -0.2) is 18.0 Å². The summed E-state index contributed by atoms with van der Waals surface area (Å²) in [6.07, 6.45) is 1.66. The number of anilines is 1. The maximum Gasteiger partial charge on any atom is 0.255 e. The smallest absolute Gasteiger partial charge is 0.255 e. The third-order valence-corrected chi connectivity index (χ3v) is 2.65. The lowest BCUT2D eigenvalue weighted by atomic mass is 10.2. The van der Waals surface area contributed by atoms with E-state index in [4.69, 9.17) is 17.0 Å². The molecule has 1 heterocycles. The molecule has 0 aliphatic carbocycles. The predicted octanol–water partition coefficient (Wildman–Crippen LogP) is 3.01. The lowest BCUT2D eigenvalue weighted by molar-refractivity contribution is 0.102. The van der Waals surface area contributed by atoms with Crippen LogP contribution in [0.5, 0.6) is 5.75 Å². The first-order chi connectivity index (χ1) is 8.69. The van der Waals surface area contributed by atoms with Gasteiger partial charge in [-0.25, -0.2) is 0 Å². The number of pyridine rings is 1. The van der Waals surface area contributed by atoms with Crippen molar-refractivity contribution in [2.75, 3.05) is 12.4 Å². The Balaban J connectivity index is 2.11. The number of nitrogens with one attached hydrogen (secondary N) is 2. The molecule has 0 atom stereocenters. The van der Waals surface area contributed by atoms with Crippen molar-refractivity contribution in [1.29, 1.82) is 0 Å². The van der Waals surface area contributed by atoms with Gasteiger partial charge < -0.3 is 15.0 Å². The minimum Gasteiger partial charge on any atom is -0.497 e. The molecule has 18 heavy (non-hydrogen) atoms. The van der Waals surface area contributed by atoms with Crippen LogP contribution >= 0.6 is 12.2 Å². The number of methoxy groups -OCH3 is 1. The number of rotatable bonds is 3. The molecule has 0 aliphatic heterocycles. The minimum atomic E-state index is -0.178. The number of ether oxygens (including phenoxy) is 1. The molecule has 92 valence electrons. The summed E-state index contributed by atoms with van der Waals surface area (Å²) in [5.74, 6) is 0.540. The second-order valence-corrected chi connectivity index (χ2v) is 4.06. The van der Waals surface area contributed by atoms with Gasteiger partial charge in [0.1, 0.15) is 10.4 Å². The molecule has 0 unspecified atom stereocenters. The molecule has 1 aromatic carbocycles. The SMILES string of the molecule is COc1ccc(C(=O)Nc2ccc(=S)[nH]c2)cc1. The van der Waals surface area contributed by atoms with Gasteiger partial charge in [0.25, 0.3) is 5.91 Å². The Morgan fingerprint density at radius 1 is 1.22 bits per heavy atom. The Kier molecular flexibility index (Phi) is 3.74. The second-order valence-electron chi connectivity index (χ2n) is 3.62. The van der Waals surface area contributed by atoms with E-state index in [0.717, 1.165) is 5.75 Å². The fraction of sp³-hybridized carbons (Fsp3) is 0.0769. The van der Waals surface area contributed by atoms with Crippen molar-refractivity contribution in [3.8, 4) is 5.75 Å². The van der Waals surface area contributed by atoms with Gasteiger partial charge in [0.2, 0.25) is 0 Å². The van der Waals surface area contributed by atoms with E-state index in [-0.39, 0.29) is 5.91 Å². The van der Waals surface area contributed by atoms with Crippen molar-refractivity contribution in [2.45, 2.75) is 0 Å². The molecular weight excluding hydrogens is 248 g/mol. The molecule has 0 saturated heterocycles. The first-order valence-corrected chi connectivity index (χ1v) is 5.74. The van der Waals surface area contributed by atoms with Gasteiger partial charge in [-0.15, -0.1) is 0 Å². The summed E-state index contributed by atoms with van der Waals surface area (Å²) in [5.41, 5.74) is 1.24. The van der Waals surface area contributed by atoms with Crippen molar-refractivity contribution in [3.63, 3.8) is 0 Å². The largest absolute Gasteiger partial charge is 0.497 e. The zero-order valence-electron chi connectivity index (χ0n) is 9.77. The molecule has 0 bridgehead atoms. The molecule has 2 N–H and O–H groups in total. The molecule has 4 nitrogen and oxygen atoms in total. The Bertz CT molecular complexity index is 585. The molecule has 0 spiro atoms. The van der Waals surface area contributed by atoms with Gasteiger partial charge in [-0.2, -0.15) is 0 Å². The quantitative estimate of drug-likeness (QED) is 0.834. The molecule has 2 aromatic rings. The standard InChI is InChI=1S/C13H12N2O2S/c1-17-11-5-2-9(3-6-11)13(16)15-10-4-7-12(18)14-8-10/h2-8H,1H3,(H,14,18)(H,15,16). The third kappa shape index (κ3) is 2.95. The molecule has 5 heteroatoms. The van der Waals surface area contributed by atoms with E-state index in [1.807, 2.05) is 0 Å². The molecule has 2 rings (SSSR count). The van der Waals surface area contributed by atoms with E-state index < -0.39 is 0 Å². The number of amides is 1. The summed E-state index contributed by atoms with van der Waals surface area (Å²) < 4.78 is 5.65. The lowest BCUT2D eigenvalue weighted by Crippen LogP contribution is -2.11. The Morgan fingerprint density at radius 2 is 1.94 bits per heavy atom. The maximum atomic E-state index is 11.9. The Hall–Kier alpha value is -2.14. The van der Waals surface area contributed by atoms with Crippen molar-refractivity contribution in [3.05, 3.63) is 52.8 Å². The van der Waals surface area contributed by atoms with Crippen LogP contribution in [0.1, 0.15) is 10.4 Å². The average Bonchev–Trinajstić information content (AvgIpc) is 2.41.